The Labute approximate surface area is 144 Å². The number of methoxy groups -OCH3 is 1. The van der Waals surface area contributed by atoms with Crippen molar-refractivity contribution in [3.8, 4) is 12.3 Å². The first-order valence-corrected chi connectivity index (χ1v) is 8.13. The van der Waals surface area contributed by atoms with Crippen LogP contribution in [-0.4, -0.2) is 19.2 Å². The van der Waals surface area contributed by atoms with Crippen LogP contribution in [0, 0.1) is 18.3 Å². The molecule has 0 radical (unpaired) electrons. The van der Waals surface area contributed by atoms with Gasteiger partial charge in [-0.15, -0.1) is 6.42 Å². The minimum atomic E-state index is -1.22. The Morgan fingerprint density at radius 3 is 2.50 bits per heavy atom. The topological polar surface area (TPSA) is 35.5 Å². The van der Waals surface area contributed by atoms with Crippen molar-refractivity contribution >= 4 is 16.7 Å². The van der Waals surface area contributed by atoms with Crippen molar-refractivity contribution in [2.75, 3.05) is 7.11 Å². The zero-order valence-corrected chi connectivity index (χ0v) is 14.7. The maximum Gasteiger partial charge on any atom is 0.344 e. The van der Waals surface area contributed by atoms with E-state index in [-0.39, 0.29) is 0 Å². The maximum absolute atomic E-state index is 12.8. The molecule has 0 aliphatic rings. The summed E-state index contributed by atoms with van der Waals surface area (Å²) >= 11 is 0. The summed E-state index contributed by atoms with van der Waals surface area (Å²) in [7, 11) is 1.51. The third-order valence-corrected chi connectivity index (χ3v) is 4.22. The summed E-state index contributed by atoms with van der Waals surface area (Å²) in [5, 5.41) is 2.00. The summed E-state index contributed by atoms with van der Waals surface area (Å²) in [5.74, 6) is 2.42. The number of carbonyl (C=O) groups excluding carboxylic acids is 1. The van der Waals surface area contributed by atoms with Gasteiger partial charge in [0, 0.05) is 12.7 Å². The molecule has 0 fully saturated rings. The normalized spacial score (nSPS) is 14.8. The second-order valence-electron chi connectivity index (χ2n) is 6.45. The van der Waals surface area contributed by atoms with Crippen LogP contribution >= 0.6 is 0 Å². The number of rotatable bonds is 6. The summed E-state index contributed by atoms with van der Waals surface area (Å²) in [6.07, 6.45) is 5.58. The molecule has 126 valence electrons. The second kappa shape index (κ2) is 7.51. The molecule has 0 aromatic heterocycles. The number of fused-ring (bicyclic) bond motifs is 1. The lowest BCUT2D eigenvalue weighted by molar-refractivity contribution is -0.171. The van der Waals surface area contributed by atoms with Gasteiger partial charge in [0.05, 0.1) is 0 Å². The first-order valence-electron chi connectivity index (χ1n) is 8.13. The fourth-order valence-corrected chi connectivity index (χ4v) is 2.76. The number of carbonyl (C=O) groups is 1. The van der Waals surface area contributed by atoms with Gasteiger partial charge in [-0.2, -0.15) is 0 Å². The molecule has 0 unspecified atom stereocenters. The molecule has 2 atom stereocenters. The molecule has 2 rings (SSSR count). The van der Waals surface area contributed by atoms with Crippen molar-refractivity contribution < 1.29 is 14.3 Å². The molecule has 2 aromatic rings. The zero-order valence-electron chi connectivity index (χ0n) is 14.7. The number of hydrogen-bond donors (Lipinski definition) is 0. The first-order chi connectivity index (χ1) is 11.4. The smallest absolute Gasteiger partial charge is 0.344 e. The standard InChI is InChI=1S/C21H24O3/c1-6-17(14-15(2)3)24-20(22)21(4,23-5)19-13-9-11-16-10-7-8-12-18(16)19/h1,7-13,15,17H,14H2,2-5H3/t17-,21+/m1/s1. The van der Waals surface area contributed by atoms with Crippen LogP contribution in [0.1, 0.15) is 32.8 Å². The number of esters is 1. The molecule has 2 aromatic carbocycles. The van der Waals surface area contributed by atoms with Crippen LogP contribution in [-0.2, 0) is 19.9 Å². The summed E-state index contributed by atoms with van der Waals surface area (Å²) in [6, 6.07) is 13.7. The summed E-state index contributed by atoms with van der Waals surface area (Å²) < 4.78 is 11.2. The Bertz CT molecular complexity index is 752. The van der Waals surface area contributed by atoms with Gasteiger partial charge >= 0.3 is 5.97 Å². The van der Waals surface area contributed by atoms with Gasteiger partial charge in [-0.1, -0.05) is 62.2 Å². The van der Waals surface area contributed by atoms with E-state index in [0.717, 1.165) is 16.3 Å². The summed E-state index contributed by atoms with van der Waals surface area (Å²) in [5.41, 5.74) is -0.444. The monoisotopic (exact) mass is 324 g/mol. The predicted molar refractivity (Wildman–Crippen MR) is 96.5 cm³/mol. The van der Waals surface area contributed by atoms with E-state index in [2.05, 4.69) is 5.92 Å². The molecule has 0 N–H and O–H groups in total. The molecular weight excluding hydrogens is 300 g/mol. The van der Waals surface area contributed by atoms with E-state index >= 15 is 0 Å². The van der Waals surface area contributed by atoms with Gasteiger partial charge in [0.1, 0.15) is 0 Å². The van der Waals surface area contributed by atoms with Crippen molar-refractivity contribution in [3.05, 3.63) is 48.0 Å². The average Bonchev–Trinajstić information content (AvgIpc) is 2.59. The van der Waals surface area contributed by atoms with Crippen molar-refractivity contribution in [3.63, 3.8) is 0 Å². The highest BCUT2D eigenvalue weighted by atomic mass is 16.6. The predicted octanol–water partition coefficient (Wildman–Crippen LogP) is 4.29. The molecule has 0 aliphatic heterocycles. The lowest BCUT2D eigenvalue weighted by Crippen LogP contribution is -2.38. The van der Waals surface area contributed by atoms with Gasteiger partial charge in [-0.25, -0.2) is 4.79 Å². The van der Waals surface area contributed by atoms with Crippen LogP contribution in [0.25, 0.3) is 10.8 Å². The molecule has 0 heterocycles. The third kappa shape index (κ3) is 3.60. The highest BCUT2D eigenvalue weighted by Crippen LogP contribution is 2.33. The highest BCUT2D eigenvalue weighted by molar-refractivity contribution is 5.92. The highest BCUT2D eigenvalue weighted by Gasteiger charge is 2.39. The Balaban J connectivity index is 2.40. The number of hydrogen-bond acceptors (Lipinski definition) is 3. The first kappa shape index (κ1) is 18.0. The minimum Gasteiger partial charge on any atom is -0.447 e. The molecule has 24 heavy (non-hydrogen) atoms. The maximum atomic E-state index is 12.8. The van der Waals surface area contributed by atoms with Gasteiger partial charge in [0.25, 0.3) is 0 Å². The van der Waals surface area contributed by atoms with Crippen molar-refractivity contribution in [1.82, 2.24) is 0 Å². The van der Waals surface area contributed by atoms with Crippen LogP contribution in [0.2, 0.25) is 0 Å². The quantitative estimate of drug-likeness (QED) is 0.587. The van der Waals surface area contributed by atoms with Crippen molar-refractivity contribution in [2.24, 2.45) is 5.92 Å². The SMILES string of the molecule is C#C[C@H](CC(C)C)OC(=O)[C@@](C)(OC)c1cccc2ccccc12. The van der Waals surface area contributed by atoms with Crippen LogP contribution in [0.15, 0.2) is 42.5 Å². The van der Waals surface area contributed by atoms with Crippen molar-refractivity contribution in [1.29, 1.82) is 0 Å². The summed E-state index contributed by atoms with van der Waals surface area (Å²) in [4.78, 5) is 12.8. The fraction of sp³-hybridized carbons (Fsp3) is 0.381. The molecule has 0 amide bonds. The number of benzene rings is 2. The van der Waals surface area contributed by atoms with E-state index < -0.39 is 17.7 Å². The van der Waals surface area contributed by atoms with E-state index in [4.69, 9.17) is 15.9 Å². The largest absolute Gasteiger partial charge is 0.447 e. The molecule has 0 saturated carbocycles. The zero-order chi connectivity index (χ0) is 17.7. The van der Waals surface area contributed by atoms with E-state index in [1.165, 1.54) is 7.11 Å². The van der Waals surface area contributed by atoms with E-state index in [1.807, 2.05) is 56.3 Å². The van der Waals surface area contributed by atoms with E-state index in [0.29, 0.717) is 12.3 Å². The molecule has 0 aliphatic carbocycles. The van der Waals surface area contributed by atoms with Crippen LogP contribution in [0.3, 0.4) is 0 Å². The van der Waals surface area contributed by atoms with Gasteiger partial charge in [0.15, 0.2) is 11.7 Å². The fourth-order valence-electron chi connectivity index (χ4n) is 2.76. The molecule has 0 saturated heterocycles. The van der Waals surface area contributed by atoms with Gasteiger partial charge in [-0.3, -0.25) is 0 Å². The lowest BCUT2D eigenvalue weighted by Gasteiger charge is -2.29. The Kier molecular flexibility index (Phi) is 5.64. The second-order valence-corrected chi connectivity index (χ2v) is 6.45. The Morgan fingerprint density at radius 1 is 1.21 bits per heavy atom. The molecule has 0 bridgehead atoms. The minimum absolute atomic E-state index is 0.338. The van der Waals surface area contributed by atoms with Gasteiger partial charge < -0.3 is 9.47 Å². The third-order valence-electron chi connectivity index (χ3n) is 4.22. The van der Waals surface area contributed by atoms with Crippen LogP contribution in [0.4, 0.5) is 0 Å². The molecule has 3 nitrogen and oxygen atoms in total. The lowest BCUT2D eigenvalue weighted by atomic mass is 9.90. The van der Waals surface area contributed by atoms with Crippen molar-refractivity contribution in [2.45, 2.75) is 38.9 Å². The number of ether oxygens (including phenoxy) is 2. The molecule has 3 heteroatoms. The molecular formula is C21H24O3. The number of terminal acetylenes is 1. The Morgan fingerprint density at radius 2 is 1.88 bits per heavy atom. The summed E-state index contributed by atoms with van der Waals surface area (Å²) in [6.45, 7) is 5.80. The van der Waals surface area contributed by atoms with Crippen LogP contribution in [0.5, 0.6) is 0 Å². The average molecular weight is 324 g/mol. The Hall–Kier alpha value is -2.31. The van der Waals surface area contributed by atoms with Gasteiger partial charge in [0.2, 0.25) is 0 Å². The van der Waals surface area contributed by atoms with Gasteiger partial charge in [-0.05, 0) is 30.0 Å². The van der Waals surface area contributed by atoms with Crippen LogP contribution < -0.4 is 0 Å². The molecule has 0 spiro atoms. The van der Waals surface area contributed by atoms with E-state index in [9.17, 15) is 4.79 Å². The van der Waals surface area contributed by atoms with E-state index in [1.54, 1.807) is 6.92 Å².